The van der Waals surface area contributed by atoms with Gasteiger partial charge in [0.05, 0.1) is 17.1 Å². The average Bonchev–Trinajstić information content (AvgIpc) is 3.17. The first kappa shape index (κ1) is 15.8. The van der Waals surface area contributed by atoms with Crippen molar-refractivity contribution in [2.24, 2.45) is 5.92 Å². The third-order valence-corrected chi connectivity index (χ3v) is 4.50. The molecule has 1 aliphatic rings. The second-order valence-electron chi connectivity index (χ2n) is 6.27. The summed E-state index contributed by atoms with van der Waals surface area (Å²) in [7, 11) is 0. The van der Waals surface area contributed by atoms with Crippen molar-refractivity contribution in [3.8, 4) is 0 Å². The van der Waals surface area contributed by atoms with Gasteiger partial charge in [-0.25, -0.2) is 9.78 Å². The summed E-state index contributed by atoms with van der Waals surface area (Å²) >= 11 is 0. The Balaban J connectivity index is 1.40. The van der Waals surface area contributed by atoms with Gasteiger partial charge in [-0.15, -0.1) is 0 Å². The van der Waals surface area contributed by atoms with Crippen molar-refractivity contribution < 1.29 is 9.90 Å². The molecule has 0 spiro atoms. The Bertz CT molecular complexity index is 634. The number of rotatable bonds is 5. The molecular weight excluding hydrogens is 292 g/mol. The van der Waals surface area contributed by atoms with Crippen molar-refractivity contribution in [3.63, 3.8) is 0 Å². The van der Waals surface area contributed by atoms with Gasteiger partial charge in [-0.1, -0.05) is 12.1 Å². The van der Waals surface area contributed by atoms with Gasteiger partial charge in [0, 0.05) is 32.0 Å². The highest BCUT2D eigenvalue weighted by Crippen LogP contribution is 2.19. The van der Waals surface area contributed by atoms with Crippen molar-refractivity contribution in [3.05, 3.63) is 30.1 Å². The lowest BCUT2D eigenvalue weighted by Crippen LogP contribution is -2.39. The maximum Gasteiger partial charge on any atom is 0.317 e. The van der Waals surface area contributed by atoms with E-state index < -0.39 is 0 Å². The Kier molecular flexibility index (Phi) is 4.81. The monoisotopic (exact) mass is 316 g/mol. The minimum atomic E-state index is -0.346. The van der Waals surface area contributed by atoms with Gasteiger partial charge in [0.25, 0.3) is 0 Å². The normalized spacial score (nSPS) is 19.2. The first-order chi connectivity index (χ1) is 11.1. The highest BCUT2D eigenvalue weighted by molar-refractivity contribution is 5.75. The third-order valence-electron chi connectivity index (χ3n) is 4.50. The van der Waals surface area contributed by atoms with Crippen molar-refractivity contribution in [2.45, 2.75) is 32.3 Å². The molecule has 23 heavy (non-hydrogen) atoms. The lowest BCUT2D eigenvalue weighted by Gasteiger charge is -2.18. The first-order valence-corrected chi connectivity index (χ1v) is 8.28. The Morgan fingerprint density at radius 1 is 1.52 bits per heavy atom. The van der Waals surface area contributed by atoms with Crippen LogP contribution in [-0.4, -0.2) is 51.7 Å². The zero-order valence-electron chi connectivity index (χ0n) is 13.5. The first-order valence-electron chi connectivity index (χ1n) is 8.28. The standard InChI is InChI=1S/C17H24N4O2/c1-12(22)13-8-10-21(11-13)17(23)18-9-4-7-16-19-14-5-2-3-6-15(14)20-16/h2-3,5-6,12-13,22H,4,7-11H2,1H3,(H,18,23)(H,19,20). The molecule has 0 radical (unpaired) electrons. The second-order valence-corrected chi connectivity index (χ2v) is 6.27. The van der Waals surface area contributed by atoms with Crippen LogP contribution in [0.2, 0.25) is 0 Å². The van der Waals surface area contributed by atoms with E-state index in [1.807, 2.05) is 24.3 Å². The van der Waals surface area contributed by atoms with Gasteiger partial charge in [0.1, 0.15) is 5.82 Å². The van der Waals surface area contributed by atoms with Crippen molar-refractivity contribution >= 4 is 17.1 Å². The molecule has 6 nitrogen and oxygen atoms in total. The van der Waals surface area contributed by atoms with E-state index in [1.54, 1.807) is 11.8 Å². The number of aliphatic hydroxyl groups excluding tert-OH is 1. The number of urea groups is 1. The molecule has 2 heterocycles. The van der Waals surface area contributed by atoms with E-state index in [-0.39, 0.29) is 18.1 Å². The van der Waals surface area contributed by atoms with Crippen LogP contribution in [0, 0.1) is 5.92 Å². The predicted octanol–water partition coefficient (Wildman–Crippen LogP) is 1.91. The highest BCUT2D eigenvalue weighted by atomic mass is 16.3. The van der Waals surface area contributed by atoms with Crippen LogP contribution in [0.1, 0.15) is 25.6 Å². The molecule has 2 aromatic rings. The number of para-hydroxylation sites is 2. The summed E-state index contributed by atoms with van der Waals surface area (Å²) in [4.78, 5) is 21.7. The molecule has 3 rings (SSSR count). The lowest BCUT2D eigenvalue weighted by molar-refractivity contribution is 0.129. The van der Waals surface area contributed by atoms with Gasteiger partial charge in [-0.3, -0.25) is 0 Å². The number of hydrogen-bond acceptors (Lipinski definition) is 3. The molecule has 0 bridgehead atoms. The van der Waals surface area contributed by atoms with Gasteiger partial charge in [0.15, 0.2) is 0 Å². The molecular formula is C17H24N4O2. The molecule has 1 fully saturated rings. The highest BCUT2D eigenvalue weighted by Gasteiger charge is 2.28. The Morgan fingerprint density at radius 3 is 3.09 bits per heavy atom. The molecule has 2 atom stereocenters. The summed E-state index contributed by atoms with van der Waals surface area (Å²) in [5.41, 5.74) is 2.03. The molecule has 1 aromatic heterocycles. The van der Waals surface area contributed by atoms with Crippen LogP contribution >= 0.6 is 0 Å². The fraction of sp³-hybridized carbons (Fsp3) is 0.529. The fourth-order valence-electron chi connectivity index (χ4n) is 3.05. The number of benzene rings is 1. The largest absolute Gasteiger partial charge is 0.393 e. The van der Waals surface area contributed by atoms with Gasteiger partial charge in [-0.2, -0.15) is 0 Å². The molecule has 3 N–H and O–H groups in total. The van der Waals surface area contributed by atoms with E-state index in [0.717, 1.165) is 42.7 Å². The SMILES string of the molecule is CC(O)C1CCN(C(=O)NCCCc2nc3ccccc3[nH]2)C1. The van der Waals surface area contributed by atoms with Crippen molar-refractivity contribution in [1.82, 2.24) is 20.2 Å². The minimum absolute atomic E-state index is 0.0299. The second kappa shape index (κ2) is 7.00. The van der Waals surface area contributed by atoms with Crippen LogP contribution in [0.25, 0.3) is 11.0 Å². The van der Waals surface area contributed by atoms with Crippen LogP contribution in [0.5, 0.6) is 0 Å². The summed E-state index contributed by atoms with van der Waals surface area (Å²) in [5.74, 6) is 1.16. The quantitative estimate of drug-likeness (QED) is 0.737. The maximum atomic E-state index is 12.1. The Morgan fingerprint density at radius 2 is 2.35 bits per heavy atom. The van der Waals surface area contributed by atoms with E-state index >= 15 is 0 Å². The number of aliphatic hydroxyl groups is 1. The van der Waals surface area contributed by atoms with Crippen molar-refractivity contribution in [1.29, 1.82) is 0 Å². The van der Waals surface area contributed by atoms with Crippen molar-refractivity contribution in [2.75, 3.05) is 19.6 Å². The molecule has 0 aliphatic carbocycles. The predicted molar refractivity (Wildman–Crippen MR) is 89.2 cm³/mol. The number of carbonyl (C=O) groups excluding carboxylic acids is 1. The number of nitrogens with zero attached hydrogens (tertiary/aromatic N) is 2. The van der Waals surface area contributed by atoms with Gasteiger partial charge >= 0.3 is 6.03 Å². The number of aromatic amines is 1. The summed E-state index contributed by atoms with van der Waals surface area (Å²) in [6.07, 6.45) is 2.19. The number of imidazole rings is 1. The summed E-state index contributed by atoms with van der Waals surface area (Å²) < 4.78 is 0. The number of H-pyrrole nitrogens is 1. The maximum absolute atomic E-state index is 12.1. The summed E-state index contributed by atoms with van der Waals surface area (Å²) in [5, 5.41) is 12.5. The Labute approximate surface area is 135 Å². The minimum Gasteiger partial charge on any atom is -0.393 e. The van der Waals surface area contributed by atoms with Gasteiger partial charge in [-0.05, 0) is 31.9 Å². The van der Waals surface area contributed by atoms with E-state index in [0.29, 0.717) is 13.1 Å². The van der Waals surface area contributed by atoms with E-state index in [4.69, 9.17) is 0 Å². The summed E-state index contributed by atoms with van der Waals surface area (Å²) in [6, 6.07) is 7.94. The molecule has 2 unspecified atom stereocenters. The van der Waals surface area contributed by atoms with Crippen LogP contribution in [0.15, 0.2) is 24.3 Å². The molecule has 124 valence electrons. The number of aromatic nitrogens is 2. The summed E-state index contributed by atoms with van der Waals surface area (Å²) in [6.45, 7) is 3.79. The fourth-order valence-corrected chi connectivity index (χ4v) is 3.05. The van der Waals surface area contributed by atoms with Gasteiger partial charge in [0.2, 0.25) is 0 Å². The van der Waals surface area contributed by atoms with E-state index in [2.05, 4.69) is 15.3 Å². The molecule has 1 aromatic carbocycles. The number of carbonyl (C=O) groups is 1. The molecule has 0 saturated carbocycles. The van der Waals surface area contributed by atoms with E-state index in [1.165, 1.54) is 0 Å². The van der Waals surface area contributed by atoms with Crippen LogP contribution in [0.4, 0.5) is 4.79 Å². The number of aryl methyl sites for hydroxylation is 1. The zero-order chi connectivity index (χ0) is 16.2. The van der Waals surface area contributed by atoms with Crippen LogP contribution in [-0.2, 0) is 6.42 Å². The molecule has 6 heteroatoms. The molecule has 1 saturated heterocycles. The number of nitrogens with one attached hydrogen (secondary N) is 2. The zero-order valence-corrected chi connectivity index (χ0v) is 13.5. The topological polar surface area (TPSA) is 81.2 Å². The van der Waals surface area contributed by atoms with Gasteiger partial charge < -0.3 is 20.3 Å². The molecule has 2 amide bonds. The lowest BCUT2D eigenvalue weighted by atomic mass is 10.0. The van der Waals surface area contributed by atoms with E-state index in [9.17, 15) is 9.90 Å². The van der Waals surface area contributed by atoms with Crippen LogP contribution < -0.4 is 5.32 Å². The number of amides is 2. The Hall–Kier alpha value is -2.08. The number of hydrogen-bond donors (Lipinski definition) is 3. The average molecular weight is 316 g/mol. The number of likely N-dealkylation sites (tertiary alicyclic amines) is 1. The smallest absolute Gasteiger partial charge is 0.317 e. The molecule has 1 aliphatic heterocycles. The third kappa shape index (κ3) is 3.82. The number of fused-ring (bicyclic) bond motifs is 1. The van der Waals surface area contributed by atoms with Crippen LogP contribution in [0.3, 0.4) is 0 Å².